The van der Waals surface area contributed by atoms with Crippen molar-refractivity contribution in [1.29, 1.82) is 0 Å². The van der Waals surface area contributed by atoms with Gasteiger partial charge in [-0.2, -0.15) is 13.2 Å². The number of alkyl halides is 3. The van der Waals surface area contributed by atoms with E-state index in [1.165, 1.54) is 12.8 Å². The van der Waals surface area contributed by atoms with E-state index >= 15 is 0 Å². The highest BCUT2D eigenvalue weighted by Gasteiger charge is 2.51. The van der Waals surface area contributed by atoms with Crippen LogP contribution < -0.4 is 0 Å². The van der Waals surface area contributed by atoms with Crippen molar-refractivity contribution in [2.24, 2.45) is 17.3 Å². The number of urea groups is 1. The van der Waals surface area contributed by atoms with Crippen LogP contribution in [0.25, 0.3) is 0 Å². The molecule has 1 aliphatic carbocycles. The highest BCUT2D eigenvalue weighted by molar-refractivity contribution is 5.74. The molecular weight excluding hydrogens is 391 g/mol. The predicted octanol–water partition coefficient (Wildman–Crippen LogP) is 2.37. The maximum atomic E-state index is 12.3. The van der Waals surface area contributed by atoms with Gasteiger partial charge in [0.25, 0.3) is 0 Å². The Balaban J connectivity index is 0.000000370. The van der Waals surface area contributed by atoms with Gasteiger partial charge in [-0.15, -0.1) is 0 Å². The SMILES string of the molecule is CCN1C[C@@H](COCC2CC2)[C@]2(CCN(C(=O)N(C)C)C2)C1.O=C(O)C(F)(F)F. The van der Waals surface area contributed by atoms with E-state index in [9.17, 15) is 18.0 Å². The number of rotatable bonds is 5. The summed E-state index contributed by atoms with van der Waals surface area (Å²) >= 11 is 0. The Morgan fingerprint density at radius 1 is 1.21 bits per heavy atom. The highest BCUT2D eigenvalue weighted by Crippen LogP contribution is 2.44. The van der Waals surface area contributed by atoms with E-state index in [1.807, 2.05) is 19.0 Å². The average molecular weight is 423 g/mol. The Labute approximate surface area is 169 Å². The molecule has 1 saturated carbocycles. The number of carboxylic acid groups (broad SMARTS) is 1. The lowest BCUT2D eigenvalue weighted by Gasteiger charge is -2.31. The average Bonchev–Trinajstić information content (AvgIpc) is 3.26. The van der Waals surface area contributed by atoms with Crippen molar-refractivity contribution in [3.63, 3.8) is 0 Å². The number of carbonyl (C=O) groups excluding carboxylic acids is 1. The summed E-state index contributed by atoms with van der Waals surface area (Å²) in [6.07, 6.45) is -1.26. The van der Waals surface area contributed by atoms with Gasteiger partial charge in [0.1, 0.15) is 0 Å². The third kappa shape index (κ3) is 6.47. The van der Waals surface area contributed by atoms with Gasteiger partial charge in [-0.25, -0.2) is 9.59 Å². The first-order valence-electron chi connectivity index (χ1n) is 10.0. The standard InChI is InChI=1S/C17H31N3O2.C2HF3O2/c1-4-19-9-15(11-22-10-14-5-6-14)17(12-19)7-8-20(13-17)16(21)18(2)3;3-2(4,5)1(6)7/h14-15H,4-13H2,1-3H3;(H,6,7)/t15-,17+;/m0./s1. The molecule has 3 fully saturated rings. The van der Waals surface area contributed by atoms with Crippen molar-refractivity contribution in [1.82, 2.24) is 14.7 Å². The van der Waals surface area contributed by atoms with Crippen LogP contribution in [-0.4, -0.2) is 98.0 Å². The number of hydrogen-bond donors (Lipinski definition) is 1. The van der Waals surface area contributed by atoms with E-state index in [0.717, 1.165) is 58.3 Å². The summed E-state index contributed by atoms with van der Waals surface area (Å²) in [5.41, 5.74) is 0.255. The topological polar surface area (TPSA) is 73.3 Å². The van der Waals surface area contributed by atoms with Crippen LogP contribution >= 0.6 is 0 Å². The van der Waals surface area contributed by atoms with Gasteiger partial charge < -0.3 is 24.5 Å². The van der Waals surface area contributed by atoms with Crippen LogP contribution in [0.2, 0.25) is 0 Å². The van der Waals surface area contributed by atoms with E-state index in [2.05, 4.69) is 11.8 Å². The Morgan fingerprint density at radius 2 is 1.83 bits per heavy atom. The zero-order valence-electron chi connectivity index (χ0n) is 17.4. The quantitative estimate of drug-likeness (QED) is 0.735. The Hall–Kier alpha value is -1.55. The van der Waals surface area contributed by atoms with Gasteiger partial charge in [0.05, 0.1) is 6.61 Å². The van der Waals surface area contributed by atoms with Crippen molar-refractivity contribution >= 4 is 12.0 Å². The molecule has 3 aliphatic rings. The maximum Gasteiger partial charge on any atom is 0.490 e. The largest absolute Gasteiger partial charge is 0.490 e. The molecule has 0 aromatic heterocycles. The van der Waals surface area contributed by atoms with Crippen molar-refractivity contribution in [2.75, 3.05) is 60.0 Å². The van der Waals surface area contributed by atoms with Crippen molar-refractivity contribution in [3.05, 3.63) is 0 Å². The lowest BCUT2D eigenvalue weighted by molar-refractivity contribution is -0.192. The molecule has 29 heavy (non-hydrogen) atoms. The zero-order chi connectivity index (χ0) is 21.8. The summed E-state index contributed by atoms with van der Waals surface area (Å²) in [5, 5.41) is 7.12. The number of halogens is 3. The minimum Gasteiger partial charge on any atom is -0.475 e. The third-order valence-corrected chi connectivity index (χ3v) is 5.98. The summed E-state index contributed by atoms with van der Waals surface area (Å²) in [7, 11) is 3.69. The highest BCUT2D eigenvalue weighted by atomic mass is 19.4. The second-order valence-electron chi connectivity index (χ2n) is 8.52. The molecular formula is C19H32F3N3O4. The fraction of sp³-hybridized carbons (Fsp3) is 0.895. The van der Waals surface area contributed by atoms with Crippen molar-refractivity contribution in [3.8, 4) is 0 Å². The van der Waals surface area contributed by atoms with Gasteiger partial charge in [-0.05, 0) is 31.7 Å². The molecule has 2 heterocycles. The summed E-state index contributed by atoms with van der Waals surface area (Å²) in [5.74, 6) is -1.35. The molecule has 10 heteroatoms. The second-order valence-corrected chi connectivity index (χ2v) is 8.52. The van der Waals surface area contributed by atoms with E-state index in [0.29, 0.717) is 5.92 Å². The summed E-state index contributed by atoms with van der Waals surface area (Å²) < 4.78 is 37.8. The first kappa shape index (κ1) is 23.7. The monoisotopic (exact) mass is 423 g/mol. The number of ether oxygens (including phenoxy) is 1. The maximum absolute atomic E-state index is 12.3. The number of nitrogens with zero attached hydrogens (tertiary/aromatic N) is 3. The molecule has 0 aromatic carbocycles. The summed E-state index contributed by atoms with van der Waals surface area (Å²) in [6.45, 7) is 9.20. The van der Waals surface area contributed by atoms with Gasteiger partial charge in [0.2, 0.25) is 0 Å². The van der Waals surface area contributed by atoms with Crippen LogP contribution in [0.1, 0.15) is 26.2 Å². The van der Waals surface area contributed by atoms with Gasteiger partial charge in [-0.1, -0.05) is 6.92 Å². The number of hydrogen-bond acceptors (Lipinski definition) is 4. The molecule has 0 aromatic rings. The van der Waals surface area contributed by atoms with Gasteiger partial charge >= 0.3 is 18.2 Å². The third-order valence-electron chi connectivity index (χ3n) is 5.98. The molecule has 1 N–H and O–H groups in total. The van der Waals surface area contributed by atoms with Crippen LogP contribution in [0.5, 0.6) is 0 Å². The number of carbonyl (C=O) groups is 2. The Morgan fingerprint density at radius 3 is 2.31 bits per heavy atom. The first-order valence-corrected chi connectivity index (χ1v) is 10.0. The second kappa shape index (κ2) is 9.51. The zero-order valence-corrected chi connectivity index (χ0v) is 17.4. The molecule has 0 unspecified atom stereocenters. The van der Waals surface area contributed by atoms with Crippen molar-refractivity contribution < 1.29 is 32.6 Å². The number of carboxylic acids is 1. The minimum absolute atomic E-state index is 0.157. The van der Waals surface area contributed by atoms with E-state index in [1.54, 1.807) is 4.90 Å². The first-order chi connectivity index (χ1) is 13.5. The molecule has 2 aliphatic heterocycles. The number of likely N-dealkylation sites (tertiary alicyclic amines) is 2. The van der Waals surface area contributed by atoms with Crippen LogP contribution in [0.3, 0.4) is 0 Å². The fourth-order valence-electron chi connectivity index (χ4n) is 4.08. The molecule has 1 spiro atoms. The molecule has 2 amide bonds. The van der Waals surface area contributed by atoms with E-state index in [4.69, 9.17) is 14.6 Å². The smallest absolute Gasteiger partial charge is 0.475 e. The normalized spacial score (nSPS) is 27.1. The molecule has 2 atom stereocenters. The molecule has 0 radical (unpaired) electrons. The van der Waals surface area contributed by atoms with E-state index < -0.39 is 12.1 Å². The minimum atomic E-state index is -5.08. The van der Waals surface area contributed by atoms with Gasteiger partial charge in [-0.3, -0.25) is 0 Å². The van der Waals surface area contributed by atoms with Gasteiger partial charge in [0.15, 0.2) is 0 Å². The van der Waals surface area contributed by atoms with Crippen LogP contribution in [0.4, 0.5) is 18.0 Å². The lowest BCUT2D eigenvalue weighted by Crippen LogP contribution is -2.41. The van der Waals surface area contributed by atoms with Crippen molar-refractivity contribution in [2.45, 2.75) is 32.4 Å². The molecule has 7 nitrogen and oxygen atoms in total. The molecule has 0 bridgehead atoms. The molecule has 2 saturated heterocycles. The Kier molecular flexibility index (Phi) is 7.78. The number of amides is 2. The lowest BCUT2D eigenvalue weighted by atomic mass is 9.77. The van der Waals surface area contributed by atoms with Crippen LogP contribution in [-0.2, 0) is 9.53 Å². The van der Waals surface area contributed by atoms with Gasteiger partial charge in [0, 0.05) is 58.2 Å². The Bertz CT molecular complexity index is 584. The summed E-state index contributed by atoms with van der Waals surface area (Å²) in [4.78, 5) is 27.4. The predicted molar refractivity (Wildman–Crippen MR) is 101 cm³/mol. The summed E-state index contributed by atoms with van der Waals surface area (Å²) in [6, 6.07) is 0.157. The molecule has 168 valence electrons. The fourth-order valence-corrected chi connectivity index (χ4v) is 4.08. The number of aliphatic carboxylic acids is 1. The van der Waals surface area contributed by atoms with Crippen LogP contribution in [0.15, 0.2) is 0 Å². The van der Waals surface area contributed by atoms with Crippen LogP contribution in [0, 0.1) is 17.3 Å². The van der Waals surface area contributed by atoms with E-state index in [-0.39, 0.29) is 11.4 Å². The molecule has 3 rings (SSSR count).